The van der Waals surface area contributed by atoms with E-state index in [2.05, 4.69) is 43.4 Å². The molecule has 1 unspecified atom stereocenters. The van der Waals surface area contributed by atoms with Crippen LogP contribution in [0.3, 0.4) is 0 Å². The maximum Gasteiger partial charge on any atom is 0.0442 e. The molecule has 2 nitrogen and oxygen atoms in total. The van der Waals surface area contributed by atoms with Crippen molar-refractivity contribution in [3.05, 3.63) is 36.5 Å². The summed E-state index contributed by atoms with van der Waals surface area (Å²) in [6, 6.07) is 0. The first-order valence-corrected chi connectivity index (χ1v) is 8.34. The van der Waals surface area contributed by atoms with Gasteiger partial charge in [0.05, 0.1) is 0 Å². The minimum atomic E-state index is -0.920. The van der Waals surface area contributed by atoms with Gasteiger partial charge in [-0.15, -0.1) is 0 Å². The molecule has 0 fully saturated rings. The van der Waals surface area contributed by atoms with Gasteiger partial charge in [0.1, 0.15) is 0 Å². The summed E-state index contributed by atoms with van der Waals surface area (Å²) in [6.45, 7) is 3.87. The van der Waals surface area contributed by atoms with Gasteiger partial charge in [-0.05, 0) is 44.4 Å². The zero-order valence-electron chi connectivity index (χ0n) is 13.7. The Labute approximate surface area is 130 Å². The maximum atomic E-state index is 10.5. The minimum absolute atomic E-state index is 0.302. The van der Waals surface area contributed by atoms with Crippen LogP contribution in [-0.2, 0) is 4.79 Å². The average molecular weight is 291 g/mol. The van der Waals surface area contributed by atoms with Crippen molar-refractivity contribution in [1.82, 2.24) is 0 Å². The summed E-state index contributed by atoms with van der Waals surface area (Å²) in [5, 5.41) is 10.5. The highest BCUT2D eigenvalue weighted by Gasteiger charge is 2.01. The van der Waals surface area contributed by atoms with Gasteiger partial charge in [-0.1, -0.05) is 69.6 Å². The molecule has 0 rings (SSSR count). The number of carbonyl (C=O) groups is 1. The summed E-state index contributed by atoms with van der Waals surface area (Å²) in [4.78, 5) is 10.5. The van der Waals surface area contributed by atoms with Crippen molar-refractivity contribution in [2.75, 3.05) is 0 Å². The van der Waals surface area contributed by atoms with Crippen LogP contribution in [0, 0.1) is 5.92 Å². The molecular formula is C19H31O2-. The van der Waals surface area contributed by atoms with Crippen LogP contribution in [0.4, 0.5) is 0 Å². The van der Waals surface area contributed by atoms with Gasteiger partial charge < -0.3 is 9.90 Å². The standard InChI is InChI=1S/C19H32O2/c1-3-4-5-6-7-8-9-10-11-12-13-14-15-16-17-18(2)19(20)21/h4-5,7-8,10-11,18H,3,6,9,12-17H2,1-2H3,(H,20,21)/p-1/b5-4+,8-7+,11-10+. The predicted octanol–water partition coefficient (Wildman–Crippen LogP) is 4.57. The van der Waals surface area contributed by atoms with Crippen molar-refractivity contribution in [1.29, 1.82) is 0 Å². The largest absolute Gasteiger partial charge is 0.550 e. The van der Waals surface area contributed by atoms with E-state index in [1.807, 2.05) is 0 Å². The molecule has 0 amide bonds. The van der Waals surface area contributed by atoms with Gasteiger partial charge in [-0.3, -0.25) is 0 Å². The lowest BCUT2D eigenvalue weighted by atomic mass is 10.0. The monoisotopic (exact) mass is 291 g/mol. The average Bonchev–Trinajstić information content (AvgIpc) is 2.47. The minimum Gasteiger partial charge on any atom is -0.550 e. The Balaban J connectivity index is 3.33. The lowest BCUT2D eigenvalue weighted by molar-refractivity contribution is -0.311. The van der Waals surface area contributed by atoms with Crippen molar-refractivity contribution >= 4 is 5.97 Å². The predicted molar refractivity (Wildman–Crippen MR) is 88.8 cm³/mol. The van der Waals surface area contributed by atoms with Gasteiger partial charge >= 0.3 is 0 Å². The van der Waals surface area contributed by atoms with Gasteiger partial charge in [0.25, 0.3) is 0 Å². The van der Waals surface area contributed by atoms with E-state index < -0.39 is 5.97 Å². The molecule has 0 aliphatic rings. The summed E-state index contributed by atoms with van der Waals surface area (Å²) in [7, 11) is 0. The number of carbonyl (C=O) groups excluding carboxylic acids is 1. The first-order valence-electron chi connectivity index (χ1n) is 8.34. The molecular weight excluding hydrogens is 260 g/mol. The normalized spacial score (nSPS) is 13.6. The summed E-state index contributed by atoms with van der Waals surface area (Å²) in [6.07, 6.45) is 22.8. The molecule has 0 aliphatic carbocycles. The van der Waals surface area contributed by atoms with Crippen LogP contribution in [0.15, 0.2) is 36.5 Å². The molecule has 2 heteroatoms. The number of unbranched alkanes of at least 4 members (excludes halogenated alkanes) is 4. The number of carboxylic acid groups (broad SMARTS) is 1. The van der Waals surface area contributed by atoms with Crippen LogP contribution >= 0.6 is 0 Å². The Kier molecular flexibility index (Phi) is 14.1. The molecule has 1 atom stereocenters. The molecule has 0 radical (unpaired) electrons. The first kappa shape index (κ1) is 19.7. The summed E-state index contributed by atoms with van der Waals surface area (Å²) in [5.74, 6) is -1.22. The fourth-order valence-corrected chi connectivity index (χ4v) is 2.01. The molecule has 21 heavy (non-hydrogen) atoms. The van der Waals surface area contributed by atoms with Crippen molar-refractivity contribution < 1.29 is 9.90 Å². The summed E-state index contributed by atoms with van der Waals surface area (Å²) < 4.78 is 0. The van der Waals surface area contributed by atoms with E-state index in [4.69, 9.17) is 0 Å². The third kappa shape index (κ3) is 14.9. The van der Waals surface area contributed by atoms with Gasteiger partial charge in [-0.25, -0.2) is 0 Å². The number of aliphatic carboxylic acids is 1. The van der Waals surface area contributed by atoms with Crippen molar-refractivity contribution in [2.24, 2.45) is 5.92 Å². The molecule has 0 aliphatic heterocycles. The van der Waals surface area contributed by atoms with E-state index >= 15 is 0 Å². The first-order chi connectivity index (χ1) is 10.2. The molecule has 0 heterocycles. The van der Waals surface area contributed by atoms with E-state index in [0.29, 0.717) is 0 Å². The molecule has 0 aromatic heterocycles. The zero-order chi connectivity index (χ0) is 15.8. The van der Waals surface area contributed by atoms with Crippen molar-refractivity contribution in [3.8, 4) is 0 Å². The van der Waals surface area contributed by atoms with Gasteiger partial charge in [0.2, 0.25) is 0 Å². The molecule has 0 bridgehead atoms. The molecule has 0 aromatic carbocycles. The molecule has 120 valence electrons. The number of hydrogen-bond donors (Lipinski definition) is 0. The fraction of sp³-hybridized carbons (Fsp3) is 0.632. The van der Waals surface area contributed by atoms with E-state index in [1.165, 1.54) is 12.8 Å². The number of carboxylic acids is 1. The van der Waals surface area contributed by atoms with Gasteiger partial charge in [0.15, 0.2) is 0 Å². The summed E-state index contributed by atoms with van der Waals surface area (Å²) in [5.41, 5.74) is 0. The van der Waals surface area contributed by atoms with E-state index in [9.17, 15) is 9.90 Å². The highest BCUT2D eigenvalue weighted by atomic mass is 16.4. The second-order valence-electron chi connectivity index (χ2n) is 5.51. The van der Waals surface area contributed by atoms with Crippen LogP contribution in [0.2, 0.25) is 0 Å². The lowest BCUT2D eigenvalue weighted by Gasteiger charge is -2.11. The van der Waals surface area contributed by atoms with Crippen LogP contribution in [-0.4, -0.2) is 5.97 Å². The molecule has 0 aromatic rings. The zero-order valence-corrected chi connectivity index (χ0v) is 13.7. The highest BCUT2D eigenvalue weighted by molar-refractivity contribution is 5.66. The number of allylic oxidation sites excluding steroid dienone is 6. The van der Waals surface area contributed by atoms with Crippen molar-refractivity contribution in [3.63, 3.8) is 0 Å². The van der Waals surface area contributed by atoms with Crippen LogP contribution in [0.25, 0.3) is 0 Å². The fourth-order valence-electron chi connectivity index (χ4n) is 2.01. The Morgan fingerprint density at radius 3 is 2.10 bits per heavy atom. The molecule has 0 saturated carbocycles. The van der Waals surface area contributed by atoms with Crippen LogP contribution in [0.5, 0.6) is 0 Å². The second kappa shape index (κ2) is 15.1. The van der Waals surface area contributed by atoms with Crippen LogP contribution in [0.1, 0.15) is 71.6 Å². The highest BCUT2D eigenvalue weighted by Crippen LogP contribution is 2.11. The Bertz CT molecular complexity index is 326. The SMILES string of the molecule is CC/C=C/C/C=C/C/C=C/CCCCCCC(C)C(=O)[O-]. The second-order valence-corrected chi connectivity index (χ2v) is 5.51. The van der Waals surface area contributed by atoms with E-state index in [-0.39, 0.29) is 5.92 Å². The molecule has 0 spiro atoms. The molecule has 0 N–H and O–H groups in total. The van der Waals surface area contributed by atoms with Crippen molar-refractivity contribution in [2.45, 2.75) is 71.6 Å². The molecule has 0 saturated heterocycles. The van der Waals surface area contributed by atoms with E-state index in [1.54, 1.807) is 6.92 Å². The third-order valence-corrected chi connectivity index (χ3v) is 3.44. The Morgan fingerprint density at radius 2 is 1.48 bits per heavy atom. The van der Waals surface area contributed by atoms with E-state index in [0.717, 1.165) is 44.9 Å². The van der Waals surface area contributed by atoms with Gasteiger partial charge in [0, 0.05) is 5.97 Å². The summed E-state index contributed by atoms with van der Waals surface area (Å²) >= 11 is 0. The quantitative estimate of drug-likeness (QED) is 0.368. The number of rotatable bonds is 13. The Hall–Kier alpha value is -1.31. The Morgan fingerprint density at radius 1 is 0.905 bits per heavy atom. The maximum absolute atomic E-state index is 10.5. The number of hydrogen-bond acceptors (Lipinski definition) is 2. The topological polar surface area (TPSA) is 40.1 Å². The smallest absolute Gasteiger partial charge is 0.0442 e. The lowest BCUT2D eigenvalue weighted by Crippen LogP contribution is -2.29. The van der Waals surface area contributed by atoms with Gasteiger partial charge in [-0.2, -0.15) is 0 Å². The third-order valence-electron chi connectivity index (χ3n) is 3.44. The van der Waals surface area contributed by atoms with Crippen LogP contribution < -0.4 is 5.11 Å².